The van der Waals surface area contributed by atoms with Crippen molar-refractivity contribution in [1.29, 1.82) is 0 Å². The van der Waals surface area contributed by atoms with Crippen molar-refractivity contribution in [3.05, 3.63) is 23.5 Å². The van der Waals surface area contributed by atoms with Crippen LogP contribution in [0.25, 0.3) is 0 Å². The molecule has 0 amide bonds. The number of rotatable bonds is 1. The predicted octanol–water partition coefficient (Wildman–Crippen LogP) is 1.40. The average molecular weight is 160 g/mol. The van der Waals surface area contributed by atoms with Crippen LogP contribution in [0.4, 0.5) is 0 Å². The van der Waals surface area contributed by atoms with Crippen molar-refractivity contribution in [3.8, 4) is 0 Å². The molecule has 0 radical (unpaired) electrons. The number of allylic oxidation sites excluding steroid dienone is 4. The lowest BCUT2D eigenvalue weighted by Gasteiger charge is -2.08. The van der Waals surface area contributed by atoms with E-state index in [1.54, 1.807) is 12.2 Å². The second-order valence-corrected chi connectivity index (χ2v) is 3.81. The van der Waals surface area contributed by atoms with E-state index >= 15 is 0 Å². The first-order valence-corrected chi connectivity index (χ1v) is 4.62. The van der Waals surface area contributed by atoms with Gasteiger partial charge in [0.2, 0.25) is 0 Å². The molecule has 0 aliphatic heterocycles. The lowest BCUT2D eigenvalue weighted by Crippen LogP contribution is -1.87. The summed E-state index contributed by atoms with van der Waals surface area (Å²) in [6.45, 7) is 0. The SMILES string of the molecule is O=P(O)(O)C1=CCC=CC1. The largest absolute Gasteiger partial charge is 0.352 e. The molecule has 0 spiro atoms. The van der Waals surface area contributed by atoms with Crippen LogP contribution >= 0.6 is 7.60 Å². The molecular weight excluding hydrogens is 151 g/mol. The normalized spacial score (nSPS) is 18.8. The quantitative estimate of drug-likeness (QED) is 0.450. The maximum atomic E-state index is 10.6. The zero-order valence-corrected chi connectivity index (χ0v) is 6.29. The minimum atomic E-state index is -3.93. The maximum Gasteiger partial charge on any atom is 0.352 e. The Hall–Kier alpha value is -0.370. The third kappa shape index (κ3) is 1.81. The highest BCUT2D eigenvalue weighted by atomic mass is 31.2. The summed E-state index contributed by atoms with van der Waals surface area (Å²) in [4.78, 5) is 17.3. The smallest absolute Gasteiger partial charge is 0.321 e. The van der Waals surface area contributed by atoms with Crippen molar-refractivity contribution >= 4 is 7.60 Å². The molecular formula is C6H9O3P. The topological polar surface area (TPSA) is 57.5 Å². The average Bonchev–Trinajstić information content (AvgIpc) is 1.88. The molecule has 0 atom stereocenters. The third-order valence-electron chi connectivity index (χ3n) is 1.36. The van der Waals surface area contributed by atoms with E-state index in [4.69, 9.17) is 9.79 Å². The van der Waals surface area contributed by atoms with Gasteiger partial charge in [0.25, 0.3) is 0 Å². The Morgan fingerprint density at radius 3 is 2.40 bits per heavy atom. The minimum absolute atomic E-state index is 0.245. The van der Waals surface area contributed by atoms with Crippen molar-refractivity contribution in [1.82, 2.24) is 0 Å². The second kappa shape index (κ2) is 2.70. The van der Waals surface area contributed by atoms with Gasteiger partial charge < -0.3 is 9.79 Å². The van der Waals surface area contributed by atoms with E-state index in [0.717, 1.165) is 0 Å². The van der Waals surface area contributed by atoms with E-state index in [0.29, 0.717) is 12.8 Å². The fraction of sp³-hybridized carbons (Fsp3) is 0.333. The van der Waals surface area contributed by atoms with Crippen molar-refractivity contribution in [3.63, 3.8) is 0 Å². The summed E-state index contributed by atoms with van der Waals surface area (Å²) in [5.41, 5.74) is 0. The van der Waals surface area contributed by atoms with E-state index in [-0.39, 0.29) is 5.31 Å². The summed E-state index contributed by atoms with van der Waals surface area (Å²) in [5.74, 6) is 0. The summed E-state index contributed by atoms with van der Waals surface area (Å²) < 4.78 is 10.6. The Bertz CT molecular complexity index is 223. The van der Waals surface area contributed by atoms with E-state index in [1.807, 2.05) is 6.08 Å². The molecule has 0 saturated carbocycles. The van der Waals surface area contributed by atoms with Gasteiger partial charge >= 0.3 is 7.60 Å². The fourth-order valence-electron chi connectivity index (χ4n) is 0.826. The molecule has 0 bridgehead atoms. The molecule has 0 aromatic rings. The van der Waals surface area contributed by atoms with Crippen LogP contribution in [0.3, 0.4) is 0 Å². The molecule has 0 saturated heterocycles. The van der Waals surface area contributed by atoms with E-state index in [9.17, 15) is 4.57 Å². The molecule has 0 fully saturated rings. The van der Waals surface area contributed by atoms with Gasteiger partial charge in [-0.1, -0.05) is 18.2 Å². The summed E-state index contributed by atoms with van der Waals surface area (Å²) in [6, 6.07) is 0. The monoisotopic (exact) mass is 160 g/mol. The summed E-state index contributed by atoms with van der Waals surface area (Å²) in [5, 5.41) is 0.245. The zero-order chi connectivity index (χ0) is 7.61. The maximum absolute atomic E-state index is 10.6. The molecule has 1 aliphatic rings. The van der Waals surface area contributed by atoms with Crippen molar-refractivity contribution in [2.45, 2.75) is 12.8 Å². The van der Waals surface area contributed by atoms with Gasteiger partial charge in [-0.3, -0.25) is 4.57 Å². The van der Waals surface area contributed by atoms with Crippen molar-refractivity contribution in [2.75, 3.05) is 0 Å². The van der Waals surface area contributed by atoms with E-state index < -0.39 is 7.60 Å². The van der Waals surface area contributed by atoms with Crippen molar-refractivity contribution < 1.29 is 14.4 Å². The van der Waals surface area contributed by atoms with Crippen LogP contribution in [0, 0.1) is 0 Å². The van der Waals surface area contributed by atoms with Gasteiger partial charge in [0.05, 0.1) is 0 Å². The molecule has 1 aliphatic carbocycles. The fourth-order valence-corrected chi connectivity index (χ4v) is 1.51. The standard InChI is InChI=1S/C6H9O3P/c7-10(8,9)6-4-2-1-3-5-6/h1-2,5H,3-4H2,(H2,7,8,9). The second-order valence-electron chi connectivity index (χ2n) is 2.15. The van der Waals surface area contributed by atoms with Gasteiger partial charge in [-0.2, -0.15) is 0 Å². The van der Waals surface area contributed by atoms with Crippen molar-refractivity contribution in [2.24, 2.45) is 0 Å². The van der Waals surface area contributed by atoms with Crippen LogP contribution < -0.4 is 0 Å². The number of hydrogen-bond acceptors (Lipinski definition) is 1. The van der Waals surface area contributed by atoms with Crippen LogP contribution in [0.5, 0.6) is 0 Å². The van der Waals surface area contributed by atoms with Gasteiger partial charge in [-0.05, 0) is 12.8 Å². The van der Waals surface area contributed by atoms with Crippen LogP contribution in [-0.4, -0.2) is 9.79 Å². The first-order chi connectivity index (χ1) is 4.61. The highest BCUT2D eigenvalue weighted by molar-refractivity contribution is 7.56. The molecule has 0 aromatic carbocycles. The summed E-state index contributed by atoms with van der Waals surface area (Å²) >= 11 is 0. The molecule has 0 aromatic heterocycles. The lowest BCUT2D eigenvalue weighted by molar-refractivity contribution is 0.381. The third-order valence-corrected chi connectivity index (χ3v) is 2.47. The molecule has 1 rings (SSSR count). The molecule has 0 unspecified atom stereocenters. The molecule has 56 valence electrons. The zero-order valence-electron chi connectivity index (χ0n) is 5.40. The highest BCUT2D eigenvalue weighted by Gasteiger charge is 2.19. The first-order valence-electron chi connectivity index (χ1n) is 3.01. The first kappa shape index (κ1) is 7.73. The molecule has 3 nitrogen and oxygen atoms in total. The Balaban J connectivity index is 2.75. The van der Waals surface area contributed by atoms with Gasteiger partial charge in [0.1, 0.15) is 0 Å². The minimum Gasteiger partial charge on any atom is -0.321 e. The van der Waals surface area contributed by atoms with Crippen LogP contribution in [-0.2, 0) is 4.57 Å². The number of hydrogen-bond donors (Lipinski definition) is 2. The Morgan fingerprint density at radius 1 is 1.40 bits per heavy atom. The molecule has 10 heavy (non-hydrogen) atoms. The van der Waals surface area contributed by atoms with Gasteiger partial charge in [-0.15, -0.1) is 0 Å². The van der Waals surface area contributed by atoms with Crippen LogP contribution in [0.1, 0.15) is 12.8 Å². The van der Waals surface area contributed by atoms with Gasteiger partial charge in [0.15, 0.2) is 0 Å². The van der Waals surface area contributed by atoms with Crippen LogP contribution in [0.15, 0.2) is 23.5 Å². The molecule has 2 N–H and O–H groups in total. The Labute approximate surface area is 59.2 Å². The van der Waals surface area contributed by atoms with Gasteiger partial charge in [-0.25, -0.2) is 0 Å². The summed E-state index contributed by atoms with van der Waals surface area (Å²) in [7, 11) is -3.93. The van der Waals surface area contributed by atoms with E-state index in [1.165, 1.54) is 0 Å². The van der Waals surface area contributed by atoms with Gasteiger partial charge in [0, 0.05) is 5.31 Å². The van der Waals surface area contributed by atoms with Crippen LogP contribution in [0.2, 0.25) is 0 Å². The summed E-state index contributed by atoms with van der Waals surface area (Å²) in [6.07, 6.45) is 6.28. The predicted molar refractivity (Wildman–Crippen MR) is 38.5 cm³/mol. The lowest BCUT2D eigenvalue weighted by atomic mass is 10.2. The van der Waals surface area contributed by atoms with E-state index in [2.05, 4.69) is 0 Å². The highest BCUT2D eigenvalue weighted by Crippen LogP contribution is 2.47. The Kier molecular flexibility index (Phi) is 2.09. The Morgan fingerprint density at radius 2 is 2.10 bits per heavy atom. The molecule has 4 heteroatoms. The molecule has 0 heterocycles.